The smallest absolute Gasteiger partial charge is 0.0431 e. The third-order valence-corrected chi connectivity index (χ3v) is 3.68. The number of aliphatic hydroxyl groups is 1. The van der Waals surface area contributed by atoms with Crippen LogP contribution < -0.4 is 5.32 Å². The van der Waals surface area contributed by atoms with Crippen LogP contribution in [0.5, 0.6) is 0 Å². The first kappa shape index (κ1) is 14.6. The zero-order chi connectivity index (χ0) is 12.3. The second-order valence-electron chi connectivity index (χ2n) is 4.16. The van der Waals surface area contributed by atoms with E-state index in [-0.39, 0.29) is 0 Å². The predicted octanol–water partition coefficient (Wildman–Crippen LogP) is 3.05. The lowest BCUT2D eigenvalue weighted by atomic mass is 10.2. The van der Waals surface area contributed by atoms with Crippen LogP contribution in [0, 0.1) is 0 Å². The fraction of sp³-hybridized carbons (Fsp3) is 0.571. The van der Waals surface area contributed by atoms with Crippen LogP contribution in [0.3, 0.4) is 0 Å². The molecule has 17 heavy (non-hydrogen) atoms. The molecule has 2 N–H and O–H groups in total. The molecule has 0 aliphatic rings. The number of benzene rings is 1. The van der Waals surface area contributed by atoms with Gasteiger partial charge < -0.3 is 10.4 Å². The van der Waals surface area contributed by atoms with E-state index in [4.69, 9.17) is 5.11 Å². The summed E-state index contributed by atoms with van der Waals surface area (Å²) < 4.78 is 0. The summed E-state index contributed by atoms with van der Waals surface area (Å²) in [5.74, 6) is 1.18. The highest BCUT2D eigenvalue weighted by Gasteiger charge is 1.96. The molecule has 0 spiro atoms. The van der Waals surface area contributed by atoms with Crippen LogP contribution >= 0.6 is 11.8 Å². The van der Waals surface area contributed by atoms with Crippen molar-refractivity contribution in [3.05, 3.63) is 29.8 Å². The summed E-state index contributed by atoms with van der Waals surface area (Å²) in [7, 11) is 1.97. The van der Waals surface area contributed by atoms with E-state index in [0.717, 1.165) is 19.4 Å². The Morgan fingerprint density at radius 1 is 1.18 bits per heavy atom. The standard InChI is InChI=1S/C14H23NOS/c1-15-12-13-7-6-8-14(11-13)17-10-5-3-2-4-9-16/h6-8,11,15-16H,2-5,9-10,12H2,1H3. The van der Waals surface area contributed by atoms with Gasteiger partial charge in [0, 0.05) is 18.0 Å². The van der Waals surface area contributed by atoms with E-state index in [1.54, 1.807) is 0 Å². The molecule has 1 aromatic carbocycles. The molecule has 0 saturated carbocycles. The Morgan fingerprint density at radius 3 is 2.76 bits per heavy atom. The van der Waals surface area contributed by atoms with Crippen LogP contribution in [0.2, 0.25) is 0 Å². The van der Waals surface area contributed by atoms with Crippen LogP contribution in [0.1, 0.15) is 31.2 Å². The molecule has 0 aromatic heterocycles. The molecule has 0 heterocycles. The number of rotatable bonds is 9. The van der Waals surface area contributed by atoms with Crippen molar-refractivity contribution in [3.63, 3.8) is 0 Å². The lowest BCUT2D eigenvalue weighted by molar-refractivity contribution is 0.283. The van der Waals surface area contributed by atoms with E-state index in [2.05, 4.69) is 29.6 Å². The summed E-state index contributed by atoms with van der Waals surface area (Å²) in [4.78, 5) is 1.36. The van der Waals surface area contributed by atoms with Crippen molar-refractivity contribution in [2.45, 2.75) is 37.1 Å². The molecule has 96 valence electrons. The molecule has 1 rings (SSSR count). The highest BCUT2D eigenvalue weighted by atomic mass is 32.2. The van der Waals surface area contributed by atoms with Gasteiger partial charge in [-0.15, -0.1) is 11.8 Å². The summed E-state index contributed by atoms with van der Waals surface area (Å²) >= 11 is 1.93. The van der Waals surface area contributed by atoms with Crippen molar-refractivity contribution in [3.8, 4) is 0 Å². The van der Waals surface area contributed by atoms with Crippen LogP contribution in [0.25, 0.3) is 0 Å². The van der Waals surface area contributed by atoms with Gasteiger partial charge >= 0.3 is 0 Å². The molecule has 3 heteroatoms. The third kappa shape index (κ3) is 6.71. The highest BCUT2D eigenvalue weighted by Crippen LogP contribution is 2.20. The van der Waals surface area contributed by atoms with E-state index in [0.29, 0.717) is 6.61 Å². The van der Waals surface area contributed by atoms with E-state index in [1.807, 2.05) is 18.8 Å². The van der Waals surface area contributed by atoms with Gasteiger partial charge in [0.25, 0.3) is 0 Å². The normalized spacial score (nSPS) is 10.7. The van der Waals surface area contributed by atoms with Gasteiger partial charge in [-0.25, -0.2) is 0 Å². The Labute approximate surface area is 109 Å². The molecule has 1 aromatic rings. The number of thioether (sulfide) groups is 1. The van der Waals surface area contributed by atoms with Gasteiger partial charge in [-0.1, -0.05) is 25.0 Å². The van der Waals surface area contributed by atoms with Gasteiger partial charge in [0.05, 0.1) is 0 Å². The van der Waals surface area contributed by atoms with Gasteiger partial charge in [-0.05, 0) is 43.3 Å². The molecule has 0 bridgehead atoms. The maximum atomic E-state index is 8.67. The Bertz CT molecular complexity index is 304. The van der Waals surface area contributed by atoms with Crippen LogP contribution in [-0.2, 0) is 6.54 Å². The van der Waals surface area contributed by atoms with Gasteiger partial charge in [-0.3, -0.25) is 0 Å². The third-order valence-electron chi connectivity index (χ3n) is 2.60. The van der Waals surface area contributed by atoms with Gasteiger partial charge in [0.2, 0.25) is 0 Å². The minimum atomic E-state index is 0.333. The molecule has 0 aliphatic carbocycles. The second kappa shape index (κ2) is 9.51. The molecule has 0 atom stereocenters. The molecule has 0 aliphatic heterocycles. The van der Waals surface area contributed by atoms with Crippen LogP contribution in [0.15, 0.2) is 29.2 Å². The summed E-state index contributed by atoms with van der Waals surface area (Å²) in [6, 6.07) is 8.72. The largest absolute Gasteiger partial charge is 0.396 e. The van der Waals surface area contributed by atoms with Crippen molar-refractivity contribution >= 4 is 11.8 Å². The topological polar surface area (TPSA) is 32.3 Å². The first-order valence-corrected chi connectivity index (χ1v) is 7.32. The molecule has 0 amide bonds. The molecule has 0 radical (unpaired) electrons. The maximum Gasteiger partial charge on any atom is 0.0431 e. The van der Waals surface area contributed by atoms with Crippen LogP contribution in [-0.4, -0.2) is 24.5 Å². The van der Waals surface area contributed by atoms with E-state index in [9.17, 15) is 0 Å². The fourth-order valence-corrected chi connectivity index (χ4v) is 2.70. The molecule has 0 fully saturated rings. The van der Waals surface area contributed by atoms with E-state index >= 15 is 0 Å². The second-order valence-corrected chi connectivity index (χ2v) is 5.33. The number of unbranched alkanes of at least 4 members (excludes halogenated alkanes) is 3. The highest BCUT2D eigenvalue weighted by molar-refractivity contribution is 7.99. The Hall–Kier alpha value is -0.510. The minimum Gasteiger partial charge on any atom is -0.396 e. The van der Waals surface area contributed by atoms with Gasteiger partial charge in [0.1, 0.15) is 0 Å². The van der Waals surface area contributed by atoms with Gasteiger partial charge in [0.15, 0.2) is 0 Å². The van der Waals surface area contributed by atoms with Crippen LogP contribution in [0.4, 0.5) is 0 Å². The first-order valence-electron chi connectivity index (χ1n) is 6.34. The monoisotopic (exact) mass is 253 g/mol. The average molecular weight is 253 g/mol. The fourth-order valence-electron chi connectivity index (χ4n) is 1.71. The average Bonchev–Trinajstić information content (AvgIpc) is 2.35. The van der Waals surface area contributed by atoms with Crippen molar-refractivity contribution < 1.29 is 5.11 Å². The quantitative estimate of drug-likeness (QED) is 0.524. The molecular weight excluding hydrogens is 230 g/mol. The summed E-state index contributed by atoms with van der Waals surface area (Å²) in [5, 5.41) is 11.8. The van der Waals surface area contributed by atoms with Crippen molar-refractivity contribution in [2.75, 3.05) is 19.4 Å². The zero-order valence-electron chi connectivity index (χ0n) is 10.6. The Balaban J connectivity index is 2.19. The zero-order valence-corrected chi connectivity index (χ0v) is 11.4. The van der Waals surface area contributed by atoms with Crippen molar-refractivity contribution in [1.29, 1.82) is 0 Å². The maximum absolute atomic E-state index is 8.67. The SMILES string of the molecule is CNCc1cccc(SCCCCCCO)c1. The molecule has 0 saturated heterocycles. The predicted molar refractivity (Wildman–Crippen MR) is 75.5 cm³/mol. The Morgan fingerprint density at radius 2 is 2.00 bits per heavy atom. The summed E-state index contributed by atoms with van der Waals surface area (Å²) in [6.07, 6.45) is 4.56. The first-order chi connectivity index (χ1) is 8.36. The molecule has 0 unspecified atom stereocenters. The lowest BCUT2D eigenvalue weighted by Gasteiger charge is -2.05. The molecular formula is C14H23NOS. The number of aliphatic hydroxyl groups excluding tert-OH is 1. The van der Waals surface area contributed by atoms with Crippen molar-refractivity contribution in [1.82, 2.24) is 5.32 Å². The Kier molecular flexibility index (Phi) is 8.14. The summed E-state index contributed by atoms with van der Waals surface area (Å²) in [6.45, 7) is 1.27. The molecule has 2 nitrogen and oxygen atoms in total. The minimum absolute atomic E-state index is 0.333. The number of hydrogen-bond acceptors (Lipinski definition) is 3. The van der Waals surface area contributed by atoms with Gasteiger partial charge in [-0.2, -0.15) is 0 Å². The summed E-state index contributed by atoms with van der Waals surface area (Å²) in [5.41, 5.74) is 1.35. The lowest BCUT2D eigenvalue weighted by Crippen LogP contribution is -2.04. The number of hydrogen-bond donors (Lipinski definition) is 2. The van der Waals surface area contributed by atoms with Crippen molar-refractivity contribution in [2.24, 2.45) is 0 Å². The van der Waals surface area contributed by atoms with E-state index < -0.39 is 0 Å². The number of nitrogens with one attached hydrogen (secondary N) is 1. The van der Waals surface area contributed by atoms with E-state index in [1.165, 1.54) is 29.1 Å².